The van der Waals surface area contributed by atoms with Crippen molar-refractivity contribution in [2.75, 3.05) is 25.0 Å². The highest BCUT2D eigenvalue weighted by Crippen LogP contribution is 2.23. The summed E-state index contributed by atoms with van der Waals surface area (Å²) >= 11 is 13.8. The quantitative estimate of drug-likeness (QED) is 0.542. The van der Waals surface area contributed by atoms with Gasteiger partial charge in [0.2, 0.25) is 0 Å². The second kappa shape index (κ2) is 10.7. The van der Waals surface area contributed by atoms with Crippen LogP contribution in [0.2, 0.25) is 0 Å². The Balaban J connectivity index is 1.78. The van der Waals surface area contributed by atoms with Gasteiger partial charge in [0, 0.05) is 11.8 Å². The van der Waals surface area contributed by atoms with Crippen LogP contribution in [0.25, 0.3) is 0 Å². The Morgan fingerprint density at radius 3 is 1.43 bits per heavy atom. The van der Waals surface area contributed by atoms with E-state index < -0.39 is 0 Å². The number of rotatable bonds is 10. The molecule has 2 nitrogen and oxygen atoms in total. The lowest BCUT2D eigenvalue weighted by atomic mass is 10.3. The van der Waals surface area contributed by atoms with Gasteiger partial charge < -0.3 is 9.47 Å². The fourth-order valence-electron chi connectivity index (χ4n) is 1.92. The van der Waals surface area contributed by atoms with E-state index >= 15 is 0 Å². The summed E-state index contributed by atoms with van der Waals surface area (Å²) in [6, 6.07) is 19.5. The highest BCUT2D eigenvalue weighted by Gasteiger charge is 2.17. The Hall–Kier alpha value is -1.03. The summed E-state index contributed by atoms with van der Waals surface area (Å²) in [5, 5.41) is 0.333. The lowest BCUT2D eigenvalue weighted by molar-refractivity contribution is 0.315. The lowest BCUT2D eigenvalue weighted by Gasteiger charge is -2.21. The largest absolute Gasteiger partial charge is 0.492 e. The van der Waals surface area contributed by atoms with Gasteiger partial charge in [-0.25, -0.2) is 0 Å². The van der Waals surface area contributed by atoms with Crippen molar-refractivity contribution in [2.45, 2.75) is 10.5 Å². The molecule has 0 radical (unpaired) electrons. The summed E-state index contributed by atoms with van der Waals surface area (Å²) in [6.07, 6.45) is 0. The molecule has 124 valence electrons. The molecule has 2 aromatic rings. The monoisotopic (exact) mass is 370 g/mol. The Bertz CT molecular complexity index is 490. The summed E-state index contributed by atoms with van der Waals surface area (Å²) in [5.41, 5.74) is 0. The van der Waals surface area contributed by atoms with Gasteiger partial charge in [0.25, 0.3) is 0 Å². The van der Waals surface area contributed by atoms with Crippen LogP contribution in [-0.4, -0.2) is 35.5 Å². The molecular weight excluding hydrogens is 351 g/mol. The number of ether oxygens (including phenoxy) is 2. The SMILES string of the molecule is ClC[C@@H](COc1ccccc1)S[C@@H](CCl)COc1ccccc1. The predicted octanol–water partition coefficient (Wildman–Crippen LogP) is 5.09. The zero-order valence-corrected chi connectivity index (χ0v) is 15.1. The van der Waals surface area contributed by atoms with Gasteiger partial charge in [-0.15, -0.1) is 35.0 Å². The fraction of sp³-hybridized carbons (Fsp3) is 0.333. The number of hydrogen-bond acceptors (Lipinski definition) is 3. The van der Waals surface area contributed by atoms with Gasteiger partial charge in [0.1, 0.15) is 24.7 Å². The molecule has 0 heterocycles. The molecule has 0 saturated carbocycles. The Morgan fingerprint density at radius 1 is 0.696 bits per heavy atom. The lowest BCUT2D eigenvalue weighted by Crippen LogP contribution is -2.25. The van der Waals surface area contributed by atoms with Crippen molar-refractivity contribution in [1.82, 2.24) is 0 Å². The highest BCUT2D eigenvalue weighted by atomic mass is 35.5. The third-order valence-corrected chi connectivity index (χ3v) is 5.57. The predicted molar refractivity (Wildman–Crippen MR) is 100 cm³/mol. The standard InChI is InChI=1S/C18H20Cl2O2S/c19-11-17(13-21-15-7-3-1-4-8-15)23-18(12-20)14-22-16-9-5-2-6-10-16/h1-10,17-18H,11-14H2/t17-,18-/m0/s1. The van der Waals surface area contributed by atoms with Crippen LogP contribution in [0.1, 0.15) is 0 Å². The second-order valence-electron chi connectivity index (χ2n) is 4.94. The molecule has 23 heavy (non-hydrogen) atoms. The van der Waals surface area contributed by atoms with Crippen molar-refractivity contribution in [1.29, 1.82) is 0 Å². The maximum Gasteiger partial charge on any atom is 0.119 e. The minimum absolute atomic E-state index is 0.167. The smallest absolute Gasteiger partial charge is 0.119 e. The number of thioether (sulfide) groups is 1. The van der Waals surface area contributed by atoms with Crippen LogP contribution in [0.4, 0.5) is 0 Å². The average Bonchev–Trinajstić information content (AvgIpc) is 2.63. The number of benzene rings is 2. The fourth-order valence-corrected chi connectivity index (χ4v) is 3.52. The molecule has 0 N–H and O–H groups in total. The van der Waals surface area contributed by atoms with Crippen molar-refractivity contribution < 1.29 is 9.47 Å². The number of para-hydroxylation sites is 2. The van der Waals surface area contributed by atoms with E-state index in [9.17, 15) is 0 Å². The summed E-state index contributed by atoms with van der Waals surface area (Å²) in [5.74, 6) is 2.73. The molecule has 0 aromatic heterocycles. The number of hydrogen-bond donors (Lipinski definition) is 0. The molecule has 2 atom stereocenters. The summed E-state index contributed by atoms with van der Waals surface area (Å²) in [4.78, 5) is 0. The Kier molecular flexibility index (Phi) is 8.51. The molecule has 0 amide bonds. The van der Waals surface area contributed by atoms with Crippen LogP contribution in [0.5, 0.6) is 11.5 Å². The van der Waals surface area contributed by atoms with Crippen molar-refractivity contribution >= 4 is 35.0 Å². The molecule has 2 rings (SSSR count). The van der Waals surface area contributed by atoms with E-state index in [0.717, 1.165) is 11.5 Å². The molecule has 0 aliphatic rings. The third kappa shape index (κ3) is 6.94. The molecule has 5 heteroatoms. The third-order valence-electron chi connectivity index (χ3n) is 3.09. The van der Waals surface area contributed by atoms with Gasteiger partial charge in [-0.1, -0.05) is 36.4 Å². The van der Waals surface area contributed by atoms with Crippen molar-refractivity contribution in [3.05, 3.63) is 60.7 Å². The van der Waals surface area contributed by atoms with Crippen LogP contribution in [0.3, 0.4) is 0 Å². The molecule has 0 fully saturated rings. The molecule has 0 unspecified atom stereocenters. The van der Waals surface area contributed by atoms with E-state index in [-0.39, 0.29) is 10.5 Å². The van der Waals surface area contributed by atoms with Gasteiger partial charge >= 0.3 is 0 Å². The maximum atomic E-state index is 6.07. The first-order valence-electron chi connectivity index (χ1n) is 7.45. The van der Waals surface area contributed by atoms with Gasteiger partial charge in [-0.05, 0) is 24.3 Å². The first-order chi connectivity index (χ1) is 11.3. The highest BCUT2D eigenvalue weighted by molar-refractivity contribution is 8.00. The van der Waals surface area contributed by atoms with Gasteiger partial charge in [-0.3, -0.25) is 0 Å². The van der Waals surface area contributed by atoms with E-state index in [4.69, 9.17) is 32.7 Å². The Labute approximate surface area is 152 Å². The van der Waals surface area contributed by atoms with E-state index in [2.05, 4.69) is 0 Å². The van der Waals surface area contributed by atoms with Crippen LogP contribution >= 0.6 is 35.0 Å². The van der Waals surface area contributed by atoms with Crippen molar-refractivity contribution in [3.63, 3.8) is 0 Å². The first kappa shape index (κ1) is 18.3. The second-order valence-corrected chi connectivity index (χ2v) is 7.16. The molecular formula is C18H20Cl2O2S. The molecule has 0 aliphatic carbocycles. The zero-order chi connectivity index (χ0) is 16.3. The molecule has 0 bridgehead atoms. The average molecular weight is 371 g/mol. The van der Waals surface area contributed by atoms with E-state index in [1.165, 1.54) is 0 Å². The van der Waals surface area contributed by atoms with Crippen LogP contribution in [0.15, 0.2) is 60.7 Å². The summed E-state index contributed by atoms with van der Waals surface area (Å²) in [6.45, 7) is 1.10. The molecule has 0 spiro atoms. The van der Waals surface area contributed by atoms with Crippen LogP contribution < -0.4 is 9.47 Å². The van der Waals surface area contributed by atoms with Crippen LogP contribution in [0, 0.1) is 0 Å². The van der Waals surface area contributed by atoms with Gasteiger partial charge in [0.15, 0.2) is 0 Å². The first-order valence-corrected chi connectivity index (χ1v) is 9.46. The minimum Gasteiger partial charge on any atom is -0.492 e. The van der Waals surface area contributed by atoms with Crippen molar-refractivity contribution in [2.24, 2.45) is 0 Å². The maximum absolute atomic E-state index is 6.07. The van der Waals surface area contributed by atoms with Gasteiger partial charge in [0.05, 0.1) is 10.5 Å². The van der Waals surface area contributed by atoms with E-state index in [0.29, 0.717) is 25.0 Å². The molecule has 0 aliphatic heterocycles. The van der Waals surface area contributed by atoms with E-state index in [1.807, 2.05) is 60.7 Å². The van der Waals surface area contributed by atoms with Gasteiger partial charge in [-0.2, -0.15) is 0 Å². The van der Waals surface area contributed by atoms with Crippen molar-refractivity contribution in [3.8, 4) is 11.5 Å². The number of alkyl halides is 2. The normalized spacial score (nSPS) is 13.3. The van der Waals surface area contributed by atoms with E-state index in [1.54, 1.807) is 11.8 Å². The minimum atomic E-state index is 0.167. The number of halogens is 2. The van der Waals surface area contributed by atoms with Crippen LogP contribution in [-0.2, 0) is 0 Å². The summed E-state index contributed by atoms with van der Waals surface area (Å²) < 4.78 is 11.6. The Morgan fingerprint density at radius 2 is 1.09 bits per heavy atom. The molecule has 2 aromatic carbocycles. The zero-order valence-electron chi connectivity index (χ0n) is 12.7. The summed E-state index contributed by atoms with van der Waals surface area (Å²) in [7, 11) is 0. The molecule has 0 saturated heterocycles. The topological polar surface area (TPSA) is 18.5 Å².